The van der Waals surface area contributed by atoms with Gasteiger partial charge in [-0.05, 0) is 51.8 Å². The Bertz CT molecular complexity index is 639. The minimum atomic E-state index is -3.51. The Morgan fingerprint density at radius 3 is 2.57 bits per heavy atom. The highest BCUT2D eigenvalue weighted by Crippen LogP contribution is 2.16. The Hall–Kier alpha value is -1.60. The molecule has 7 heteroatoms. The second-order valence-electron chi connectivity index (χ2n) is 5.73. The van der Waals surface area contributed by atoms with E-state index in [2.05, 4.69) is 20.3 Å². The van der Waals surface area contributed by atoms with E-state index in [1.807, 2.05) is 39.8 Å². The van der Waals surface area contributed by atoms with Crippen molar-refractivity contribution in [2.75, 3.05) is 19.6 Å². The third-order valence-corrected chi connectivity index (χ3v) is 4.68. The highest BCUT2D eigenvalue weighted by molar-refractivity contribution is 7.89. The first kappa shape index (κ1) is 19.4. The highest BCUT2D eigenvalue weighted by Gasteiger charge is 2.16. The molecule has 0 radical (unpaired) electrons. The van der Waals surface area contributed by atoms with Crippen LogP contribution in [-0.4, -0.2) is 40.1 Å². The van der Waals surface area contributed by atoms with Gasteiger partial charge in [-0.2, -0.15) is 0 Å². The van der Waals surface area contributed by atoms with E-state index < -0.39 is 10.0 Å². The van der Waals surface area contributed by atoms with Gasteiger partial charge in [-0.1, -0.05) is 12.1 Å². The van der Waals surface area contributed by atoms with Crippen molar-refractivity contribution >= 4 is 16.0 Å². The van der Waals surface area contributed by atoms with Gasteiger partial charge in [0.1, 0.15) is 0 Å². The van der Waals surface area contributed by atoms with Crippen LogP contribution >= 0.6 is 0 Å². The Kier molecular flexibility index (Phi) is 7.51. The fraction of sp³-hybridized carbons (Fsp3) is 0.562. The van der Waals surface area contributed by atoms with Gasteiger partial charge in [0.2, 0.25) is 10.0 Å². The predicted octanol–water partition coefficient (Wildman–Crippen LogP) is 1.55. The molecule has 3 N–H and O–H groups in total. The summed E-state index contributed by atoms with van der Waals surface area (Å²) >= 11 is 0. The van der Waals surface area contributed by atoms with Crippen LogP contribution in [0.1, 0.15) is 31.9 Å². The lowest BCUT2D eigenvalue weighted by Gasteiger charge is -2.14. The Labute approximate surface area is 139 Å². The van der Waals surface area contributed by atoms with Crippen LogP contribution in [0.2, 0.25) is 0 Å². The zero-order chi connectivity index (χ0) is 17.5. The predicted molar refractivity (Wildman–Crippen MR) is 95.4 cm³/mol. The standard InChI is InChI=1S/C16H28N4O2S/c1-6-17-16(20-12(2)3)18-9-10-19-23(21,22)15-11-13(4)7-8-14(15)5/h7-8,11-12,19H,6,9-10H2,1-5H3,(H2,17,18,20). The SMILES string of the molecule is CCNC(=NCCNS(=O)(=O)c1cc(C)ccc1C)NC(C)C. The number of nitrogens with zero attached hydrogens (tertiary/aromatic N) is 1. The van der Waals surface area contributed by atoms with Crippen LogP contribution in [0.5, 0.6) is 0 Å². The molecule has 23 heavy (non-hydrogen) atoms. The average molecular weight is 340 g/mol. The second kappa shape index (κ2) is 8.88. The molecular formula is C16H28N4O2S. The molecule has 6 nitrogen and oxygen atoms in total. The Morgan fingerprint density at radius 2 is 1.96 bits per heavy atom. The number of sulfonamides is 1. The van der Waals surface area contributed by atoms with E-state index in [1.165, 1.54) is 0 Å². The summed E-state index contributed by atoms with van der Waals surface area (Å²) in [6.45, 7) is 11.1. The van der Waals surface area contributed by atoms with Crippen molar-refractivity contribution < 1.29 is 8.42 Å². The van der Waals surface area contributed by atoms with Crippen LogP contribution in [-0.2, 0) is 10.0 Å². The second-order valence-corrected chi connectivity index (χ2v) is 7.46. The molecule has 0 bridgehead atoms. The molecule has 0 aliphatic heterocycles. The quantitative estimate of drug-likeness (QED) is 0.399. The molecule has 0 spiro atoms. The molecule has 0 unspecified atom stereocenters. The molecule has 1 aromatic carbocycles. The summed E-state index contributed by atoms with van der Waals surface area (Å²) in [6, 6.07) is 5.67. The van der Waals surface area contributed by atoms with Crippen LogP contribution in [0, 0.1) is 13.8 Å². The summed E-state index contributed by atoms with van der Waals surface area (Å²) in [5, 5.41) is 6.31. The molecule has 0 amide bonds. The van der Waals surface area contributed by atoms with E-state index in [9.17, 15) is 8.42 Å². The molecule has 0 saturated carbocycles. The van der Waals surface area contributed by atoms with Crippen molar-refractivity contribution in [2.24, 2.45) is 4.99 Å². The van der Waals surface area contributed by atoms with E-state index >= 15 is 0 Å². The average Bonchev–Trinajstić information content (AvgIpc) is 2.45. The van der Waals surface area contributed by atoms with Crippen molar-refractivity contribution in [1.82, 2.24) is 15.4 Å². The van der Waals surface area contributed by atoms with Gasteiger partial charge in [0.25, 0.3) is 0 Å². The van der Waals surface area contributed by atoms with E-state index in [0.29, 0.717) is 17.4 Å². The molecule has 1 aromatic rings. The normalized spacial score (nSPS) is 12.5. The minimum Gasteiger partial charge on any atom is -0.357 e. The molecule has 0 saturated heterocycles. The highest BCUT2D eigenvalue weighted by atomic mass is 32.2. The van der Waals surface area contributed by atoms with Crippen LogP contribution in [0.4, 0.5) is 0 Å². The van der Waals surface area contributed by atoms with Gasteiger partial charge in [-0.15, -0.1) is 0 Å². The zero-order valence-corrected chi connectivity index (χ0v) is 15.4. The van der Waals surface area contributed by atoms with Gasteiger partial charge in [-0.3, -0.25) is 4.99 Å². The molecule has 1 rings (SSSR count). The maximum atomic E-state index is 12.4. The fourth-order valence-corrected chi connectivity index (χ4v) is 3.36. The molecule has 0 aliphatic carbocycles. The summed E-state index contributed by atoms with van der Waals surface area (Å²) in [6.07, 6.45) is 0. The number of guanidine groups is 1. The van der Waals surface area contributed by atoms with Crippen LogP contribution in [0.25, 0.3) is 0 Å². The van der Waals surface area contributed by atoms with Crippen LogP contribution in [0.3, 0.4) is 0 Å². The van der Waals surface area contributed by atoms with Crippen molar-refractivity contribution in [2.45, 2.75) is 45.6 Å². The molecule has 0 atom stereocenters. The molecule has 0 aromatic heterocycles. The van der Waals surface area contributed by atoms with E-state index in [4.69, 9.17) is 0 Å². The molecule has 0 heterocycles. The lowest BCUT2D eigenvalue weighted by molar-refractivity contribution is 0.581. The molecule has 130 valence electrons. The number of nitrogens with one attached hydrogen (secondary N) is 3. The summed E-state index contributed by atoms with van der Waals surface area (Å²) in [5.41, 5.74) is 1.66. The van der Waals surface area contributed by atoms with Crippen molar-refractivity contribution in [3.8, 4) is 0 Å². The van der Waals surface area contributed by atoms with Gasteiger partial charge in [0, 0.05) is 19.1 Å². The topological polar surface area (TPSA) is 82.6 Å². The maximum Gasteiger partial charge on any atom is 0.240 e. The summed E-state index contributed by atoms with van der Waals surface area (Å²) < 4.78 is 27.3. The van der Waals surface area contributed by atoms with Gasteiger partial charge in [-0.25, -0.2) is 13.1 Å². The number of aliphatic imine (C=N–C) groups is 1. The van der Waals surface area contributed by atoms with Crippen LogP contribution in [0.15, 0.2) is 28.1 Å². The summed E-state index contributed by atoms with van der Waals surface area (Å²) in [5.74, 6) is 0.688. The number of hydrogen-bond acceptors (Lipinski definition) is 3. The van der Waals surface area contributed by atoms with Crippen molar-refractivity contribution in [3.05, 3.63) is 29.3 Å². The lowest BCUT2D eigenvalue weighted by Crippen LogP contribution is -2.41. The monoisotopic (exact) mass is 340 g/mol. The smallest absolute Gasteiger partial charge is 0.240 e. The molecular weight excluding hydrogens is 312 g/mol. The lowest BCUT2D eigenvalue weighted by atomic mass is 10.2. The van der Waals surface area contributed by atoms with Gasteiger partial charge in [0.15, 0.2) is 5.96 Å². The van der Waals surface area contributed by atoms with Gasteiger partial charge < -0.3 is 10.6 Å². The first-order chi connectivity index (χ1) is 10.8. The van der Waals surface area contributed by atoms with E-state index in [0.717, 1.165) is 17.7 Å². The number of aryl methyl sites for hydroxylation is 2. The van der Waals surface area contributed by atoms with E-state index in [-0.39, 0.29) is 12.6 Å². The van der Waals surface area contributed by atoms with Crippen molar-refractivity contribution in [3.63, 3.8) is 0 Å². The minimum absolute atomic E-state index is 0.254. The molecule has 0 aliphatic rings. The summed E-state index contributed by atoms with van der Waals surface area (Å²) in [7, 11) is -3.51. The third-order valence-electron chi connectivity index (χ3n) is 3.08. The number of rotatable bonds is 7. The summed E-state index contributed by atoms with van der Waals surface area (Å²) in [4.78, 5) is 4.69. The largest absolute Gasteiger partial charge is 0.357 e. The Balaban J connectivity index is 2.67. The van der Waals surface area contributed by atoms with Crippen molar-refractivity contribution in [1.29, 1.82) is 0 Å². The van der Waals surface area contributed by atoms with Crippen LogP contribution < -0.4 is 15.4 Å². The maximum absolute atomic E-state index is 12.4. The Morgan fingerprint density at radius 1 is 1.26 bits per heavy atom. The number of benzene rings is 1. The van der Waals surface area contributed by atoms with Gasteiger partial charge >= 0.3 is 0 Å². The fourth-order valence-electron chi connectivity index (χ4n) is 2.02. The van der Waals surface area contributed by atoms with Gasteiger partial charge in [0.05, 0.1) is 11.4 Å². The first-order valence-corrected chi connectivity index (χ1v) is 9.36. The number of hydrogen-bond donors (Lipinski definition) is 3. The third kappa shape index (κ3) is 6.58. The van der Waals surface area contributed by atoms with E-state index in [1.54, 1.807) is 13.0 Å². The molecule has 0 fully saturated rings. The zero-order valence-electron chi connectivity index (χ0n) is 14.6. The first-order valence-electron chi connectivity index (χ1n) is 7.88.